The number of aromatic nitrogens is 4. The van der Waals surface area contributed by atoms with Gasteiger partial charge in [0.15, 0.2) is 17.7 Å². The smallest absolute Gasteiger partial charge is 0.780 e. The van der Waals surface area contributed by atoms with E-state index in [-0.39, 0.29) is 42.0 Å². The molecule has 0 bridgehead atoms. The quantitative estimate of drug-likeness (QED) is 0.375. The van der Waals surface area contributed by atoms with Crippen LogP contribution in [0.4, 0.5) is 5.82 Å². The van der Waals surface area contributed by atoms with E-state index in [4.69, 9.17) is 31.3 Å². The van der Waals surface area contributed by atoms with E-state index in [2.05, 4.69) is 15.0 Å². The number of aliphatic hydroxyl groups is 1. The third-order valence-corrected chi connectivity index (χ3v) is 5.16. The van der Waals surface area contributed by atoms with Crippen molar-refractivity contribution in [3.05, 3.63) is 12.7 Å². The Morgan fingerprint density at radius 2 is 2.22 bits per heavy atom. The summed E-state index contributed by atoms with van der Waals surface area (Å²) in [5, 5.41) is 10.4. The van der Waals surface area contributed by atoms with E-state index in [9.17, 15) is 10.00 Å². The van der Waals surface area contributed by atoms with E-state index < -0.39 is 31.3 Å². The predicted octanol–water partition coefficient (Wildman–Crippen LogP) is -4.33. The summed E-state index contributed by atoms with van der Waals surface area (Å²) in [5.74, 6) is 0.225. The van der Waals surface area contributed by atoms with Crippen molar-refractivity contribution < 1.29 is 53.3 Å². The number of aliphatic hydroxyl groups excluding tert-OH is 1. The van der Waals surface area contributed by atoms with Crippen LogP contribution in [-0.2, 0) is 25.6 Å². The fraction of sp³-hybridized carbons (Fsp3) is 0.500. The van der Waals surface area contributed by atoms with Crippen LogP contribution in [0, 0.1) is 0 Å². The monoisotopic (exact) mass is 367 g/mol. The van der Waals surface area contributed by atoms with E-state index in [1.807, 2.05) is 0 Å². The largest absolute Gasteiger partial charge is 1.00 e. The van der Waals surface area contributed by atoms with Gasteiger partial charge in [0, 0.05) is 0 Å². The summed E-state index contributed by atoms with van der Waals surface area (Å²) in [6.45, 7) is -3.59. The number of rotatable bonds is 1. The third-order valence-electron chi connectivity index (χ3n) is 3.62. The third kappa shape index (κ3) is 2.95. The molecule has 13 heteroatoms. The molecule has 0 amide bonds. The second kappa shape index (κ2) is 6.26. The number of nitrogens with two attached hydrogens (primary N) is 1. The Morgan fingerprint density at radius 3 is 3.00 bits per heavy atom. The summed E-state index contributed by atoms with van der Waals surface area (Å²) in [7, 11) is 0. The SMILES string of the molecule is Nc1ncnc2c1ncn2[C@@H]1O[C@@H]2COP([O-])(=S)O[C@H]2[C@H]1O.[Na+]. The molecule has 10 nitrogen and oxygen atoms in total. The van der Waals surface area contributed by atoms with Gasteiger partial charge < -0.3 is 29.5 Å². The van der Waals surface area contributed by atoms with Gasteiger partial charge in [-0.1, -0.05) is 11.8 Å². The molecule has 1 unspecified atom stereocenters. The zero-order chi connectivity index (χ0) is 15.5. The number of hydrogen-bond donors (Lipinski definition) is 2. The maximum absolute atomic E-state index is 11.7. The summed E-state index contributed by atoms with van der Waals surface area (Å²) in [6, 6.07) is 0. The molecule has 2 aromatic heterocycles. The van der Waals surface area contributed by atoms with E-state index in [1.165, 1.54) is 17.2 Å². The summed E-state index contributed by atoms with van der Waals surface area (Å²) >= 11 is 4.69. The number of nitrogen functional groups attached to an aromatic ring is 1. The molecule has 0 spiro atoms. The van der Waals surface area contributed by atoms with Gasteiger partial charge in [-0.25, -0.2) is 15.0 Å². The molecular weight excluding hydrogens is 356 g/mol. The minimum atomic E-state index is -3.58. The molecule has 2 aliphatic heterocycles. The standard InChI is InChI=1S/C10H12N5O5PS.Na/c11-8-5-9(13-2-12-8)15(3-14-5)10-6(16)7-4(19-10)1-18-21(17,22)20-7;/h2-4,6-7,10,16H,1H2,(H,17,22)(H2,11,12,13);/q;+1/p-1/t4-,6-,7-,10-,21?;/m1./s1. The number of anilines is 1. The van der Waals surface area contributed by atoms with Crippen molar-refractivity contribution in [3.63, 3.8) is 0 Å². The van der Waals surface area contributed by atoms with E-state index >= 15 is 0 Å². The molecule has 0 aromatic carbocycles. The van der Waals surface area contributed by atoms with Crippen molar-refractivity contribution in [3.8, 4) is 0 Å². The maximum atomic E-state index is 11.7. The van der Waals surface area contributed by atoms with Crippen LogP contribution >= 0.6 is 6.72 Å². The molecule has 4 rings (SSSR count). The molecule has 5 atom stereocenters. The zero-order valence-corrected chi connectivity index (χ0v) is 15.7. The molecule has 0 aliphatic carbocycles. The summed E-state index contributed by atoms with van der Waals surface area (Å²) in [6.07, 6.45) is -0.610. The minimum Gasteiger partial charge on any atom is -0.780 e. The van der Waals surface area contributed by atoms with Gasteiger partial charge in [-0.15, -0.1) is 0 Å². The molecule has 2 saturated heterocycles. The summed E-state index contributed by atoms with van der Waals surface area (Å²) in [5.41, 5.74) is 6.55. The predicted molar refractivity (Wildman–Crippen MR) is 74.8 cm³/mol. The van der Waals surface area contributed by atoms with Crippen molar-refractivity contribution in [2.45, 2.75) is 24.5 Å². The number of imidazole rings is 1. The summed E-state index contributed by atoms with van der Waals surface area (Å²) in [4.78, 5) is 23.8. The molecule has 2 aliphatic rings. The minimum absolute atomic E-state index is 0. The molecule has 2 fully saturated rings. The molecule has 0 saturated carbocycles. The fourth-order valence-electron chi connectivity index (χ4n) is 2.61. The molecule has 118 valence electrons. The number of ether oxygens (including phenoxy) is 1. The van der Waals surface area contributed by atoms with Crippen molar-refractivity contribution in [1.29, 1.82) is 0 Å². The van der Waals surface area contributed by atoms with Crippen LogP contribution in [0.15, 0.2) is 12.7 Å². The van der Waals surface area contributed by atoms with Gasteiger partial charge >= 0.3 is 29.6 Å². The van der Waals surface area contributed by atoms with Gasteiger partial charge in [-0.3, -0.25) is 4.57 Å². The van der Waals surface area contributed by atoms with Crippen molar-refractivity contribution in [2.24, 2.45) is 0 Å². The van der Waals surface area contributed by atoms with E-state index in [0.717, 1.165) is 0 Å². The Kier molecular flexibility index (Phi) is 4.80. The van der Waals surface area contributed by atoms with Gasteiger partial charge in [0.1, 0.15) is 36.9 Å². The average Bonchev–Trinajstić information content (AvgIpc) is 3.01. The molecular formula is C10H11N5NaO5PS. The average molecular weight is 367 g/mol. The van der Waals surface area contributed by atoms with Crippen LogP contribution in [0.1, 0.15) is 6.23 Å². The Hall–Kier alpha value is -0.200. The fourth-order valence-corrected chi connectivity index (χ4v) is 4.04. The molecule has 2 aromatic rings. The van der Waals surface area contributed by atoms with Crippen LogP contribution in [0.2, 0.25) is 0 Å². The summed E-state index contributed by atoms with van der Waals surface area (Å²) < 4.78 is 17.3. The van der Waals surface area contributed by atoms with Crippen molar-refractivity contribution in [1.82, 2.24) is 19.5 Å². The Morgan fingerprint density at radius 1 is 1.43 bits per heavy atom. The van der Waals surface area contributed by atoms with Crippen molar-refractivity contribution in [2.75, 3.05) is 12.3 Å². The molecule has 4 heterocycles. The first-order valence-electron chi connectivity index (χ1n) is 6.37. The Labute approximate surface area is 157 Å². The first-order valence-corrected chi connectivity index (χ1v) is 8.92. The number of nitrogens with zero attached hydrogens (tertiary/aromatic N) is 4. The topological polar surface area (TPSA) is 141 Å². The van der Waals surface area contributed by atoms with Gasteiger partial charge in [0.05, 0.1) is 12.9 Å². The second-order valence-corrected chi connectivity index (χ2v) is 7.66. The van der Waals surface area contributed by atoms with Gasteiger partial charge in [0.25, 0.3) is 0 Å². The Bertz CT molecular complexity index is 792. The maximum Gasteiger partial charge on any atom is 1.00 e. The number of hydrogen-bond acceptors (Lipinski definition) is 10. The van der Waals surface area contributed by atoms with Gasteiger partial charge in [-0.05, 0) is 0 Å². The Balaban J connectivity index is 0.00000156. The normalized spacial score (nSPS) is 36.6. The second-order valence-electron chi connectivity index (χ2n) is 4.95. The van der Waals surface area contributed by atoms with Crippen molar-refractivity contribution >= 4 is 35.5 Å². The zero-order valence-electron chi connectivity index (χ0n) is 12.0. The van der Waals surface area contributed by atoms with Gasteiger partial charge in [0.2, 0.25) is 0 Å². The number of fused-ring (bicyclic) bond motifs is 2. The van der Waals surface area contributed by atoms with Gasteiger partial charge in [-0.2, -0.15) is 0 Å². The van der Waals surface area contributed by atoms with Crippen LogP contribution in [0.25, 0.3) is 11.2 Å². The van der Waals surface area contributed by atoms with Crippen LogP contribution in [0.5, 0.6) is 0 Å². The first kappa shape index (κ1) is 17.6. The van der Waals surface area contributed by atoms with E-state index in [1.54, 1.807) is 0 Å². The van der Waals surface area contributed by atoms with Crippen LogP contribution in [-0.4, -0.2) is 49.5 Å². The van der Waals surface area contributed by atoms with Crippen LogP contribution in [0.3, 0.4) is 0 Å². The first-order chi connectivity index (χ1) is 10.5. The van der Waals surface area contributed by atoms with Crippen LogP contribution < -0.4 is 40.2 Å². The molecule has 3 N–H and O–H groups in total. The van der Waals surface area contributed by atoms with E-state index in [0.29, 0.717) is 11.2 Å². The molecule has 23 heavy (non-hydrogen) atoms. The molecule has 0 radical (unpaired) electrons.